The van der Waals surface area contributed by atoms with Gasteiger partial charge >= 0.3 is 5.97 Å². The summed E-state index contributed by atoms with van der Waals surface area (Å²) >= 11 is 0. The third kappa shape index (κ3) is 4.75. The molecule has 0 fully saturated rings. The van der Waals surface area contributed by atoms with Gasteiger partial charge in [-0.15, -0.1) is 0 Å². The van der Waals surface area contributed by atoms with Gasteiger partial charge in [-0.1, -0.05) is 38.1 Å². The summed E-state index contributed by atoms with van der Waals surface area (Å²) in [7, 11) is 0. The zero-order valence-electron chi connectivity index (χ0n) is 14.7. The summed E-state index contributed by atoms with van der Waals surface area (Å²) in [4.78, 5) is 12.1. The van der Waals surface area contributed by atoms with Gasteiger partial charge in [-0.05, 0) is 49.1 Å². The van der Waals surface area contributed by atoms with Crippen LogP contribution < -0.4 is 14.2 Å². The van der Waals surface area contributed by atoms with Crippen LogP contribution in [-0.4, -0.2) is 19.2 Å². The molecule has 0 bridgehead atoms. The molecule has 4 heteroatoms. The predicted molar refractivity (Wildman–Crippen MR) is 94.0 cm³/mol. The molecule has 0 aliphatic rings. The van der Waals surface area contributed by atoms with E-state index >= 15 is 0 Å². The molecule has 0 amide bonds. The van der Waals surface area contributed by atoms with Gasteiger partial charge < -0.3 is 14.2 Å². The van der Waals surface area contributed by atoms with Crippen molar-refractivity contribution in [2.24, 2.45) is 0 Å². The van der Waals surface area contributed by atoms with E-state index in [0.717, 1.165) is 16.9 Å². The predicted octanol–water partition coefficient (Wildman–Crippen LogP) is 4.50. The summed E-state index contributed by atoms with van der Waals surface area (Å²) in [5.74, 6) is 1.53. The fourth-order valence-corrected chi connectivity index (χ4v) is 2.34. The Hall–Kier alpha value is -2.49. The van der Waals surface area contributed by atoms with Crippen molar-refractivity contribution < 1.29 is 19.0 Å². The first-order valence-electron chi connectivity index (χ1n) is 8.17. The number of esters is 1. The molecule has 0 spiro atoms. The number of ether oxygens (including phenoxy) is 3. The lowest BCUT2D eigenvalue weighted by molar-refractivity contribution is -0.136. The molecule has 0 atom stereocenters. The van der Waals surface area contributed by atoms with Gasteiger partial charge in [-0.2, -0.15) is 0 Å². The number of carbonyl (C=O) groups is 1. The lowest BCUT2D eigenvalue weighted by atomic mass is 10.0. The van der Waals surface area contributed by atoms with Gasteiger partial charge in [0.05, 0.1) is 6.61 Å². The molecule has 24 heavy (non-hydrogen) atoms. The molecule has 0 saturated heterocycles. The third-order valence-electron chi connectivity index (χ3n) is 3.51. The van der Waals surface area contributed by atoms with E-state index in [4.69, 9.17) is 14.2 Å². The minimum atomic E-state index is -0.460. The van der Waals surface area contributed by atoms with E-state index in [1.165, 1.54) is 0 Å². The lowest BCUT2D eigenvalue weighted by Crippen LogP contribution is -2.18. The van der Waals surface area contributed by atoms with Crippen molar-refractivity contribution in [2.45, 2.75) is 33.6 Å². The Kier molecular flexibility index (Phi) is 6.24. The van der Waals surface area contributed by atoms with E-state index in [2.05, 4.69) is 13.8 Å². The molecule has 128 valence electrons. The average Bonchev–Trinajstić information content (AvgIpc) is 2.55. The number of para-hydroxylation sites is 2. The highest BCUT2D eigenvalue weighted by atomic mass is 16.6. The number of benzene rings is 2. The van der Waals surface area contributed by atoms with Crippen molar-refractivity contribution >= 4 is 5.97 Å². The van der Waals surface area contributed by atoms with E-state index in [1.807, 2.05) is 38.1 Å². The first kappa shape index (κ1) is 17.9. The van der Waals surface area contributed by atoms with Gasteiger partial charge in [0.15, 0.2) is 18.1 Å². The third-order valence-corrected chi connectivity index (χ3v) is 3.51. The smallest absolute Gasteiger partial charge is 0.349 e. The molecular formula is C20H24O4. The van der Waals surface area contributed by atoms with Crippen molar-refractivity contribution in [3.05, 3.63) is 53.6 Å². The lowest BCUT2D eigenvalue weighted by Gasteiger charge is -2.15. The molecular weight excluding hydrogens is 304 g/mol. The second-order valence-corrected chi connectivity index (χ2v) is 5.84. The SMILES string of the molecule is CCOc1ccccc1OC(=O)COc1cc(C)ccc1C(C)C. The van der Waals surface area contributed by atoms with Crippen molar-refractivity contribution in [1.82, 2.24) is 0 Å². The zero-order chi connectivity index (χ0) is 17.5. The molecule has 0 aliphatic heterocycles. The van der Waals surface area contributed by atoms with Crippen molar-refractivity contribution in [3.63, 3.8) is 0 Å². The van der Waals surface area contributed by atoms with Gasteiger partial charge in [0.2, 0.25) is 0 Å². The Labute approximate surface area is 143 Å². The number of hydrogen-bond donors (Lipinski definition) is 0. The molecule has 0 aliphatic carbocycles. The van der Waals surface area contributed by atoms with Crippen LogP contribution in [0.5, 0.6) is 17.2 Å². The molecule has 0 radical (unpaired) electrons. The van der Waals surface area contributed by atoms with Gasteiger partial charge in [0.25, 0.3) is 0 Å². The summed E-state index contributed by atoms with van der Waals surface area (Å²) < 4.78 is 16.5. The van der Waals surface area contributed by atoms with Crippen LogP contribution in [-0.2, 0) is 4.79 Å². The highest BCUT2D eigenvalue weighted by Gasteiger charge is 2.13. The van der Waals surface area contributed by atoms with Crippen LogP contribution >= 0.6 is 0 Å². The maximum Gasteiger partial charge on any atom is 0.349 e. The first-order chi connectivity index (χ1) is 11.5. The van der Waals surface area contributed by atoms with Gasteiger partial charge in [-0.25, -0.2) is 4.79 Å². The van der Waals surface area contributed by atoms with E-state index in [-0.39, 0.29) is 6.61 Å². The van der Waals surface area contributed by atoms with Gasteiger partial charge in [-0.3, -0.25) is 0 Å². The van der Waals surface area contributed by atoms with Crippen LogP contribution in [0.15, 0.2) is 42.5 Å². The summed E-state index contributed by atoms with van der Waals surface area (Å²) in [5.41, 5.74) is 2.16. The Morgan fingerprint density at radius 3 is 2.38 bits per heavy atom. The second-order valence-electron chi connectivity index (χ2n) is 5.84. The van der Waals surface area contributed by atoms with E-state index < -0.39 is 5.97 Å². The molecule has 0 aromatic heterocycles. The maximum atomic E-state index is 12.1. The molecule has 2 rings (SSSR count). The Morgan fingerprint density at radius 2 is 1.71 bits per heavy atom. The second kappa shape index (κ2) is 8.39. The van der Waals surface area contributed by atoms with Crippen LogP contribution in [0.1, 0.15) is 37.8 Å². The monoisotopic (exact) mass is 328 g/mol. The Morgan fingerprint density at radius 1 is 1.00 bits per heavy atom. The fourth-order valence-electron chi connectivity index (χ4n) is 2.34. The van der Waals surface area contributed by atoms with E-state index in [9.17, 15) is 4.79 Å². The fraction of sp³-hybridized carbons (Fsp3) is 0.350. The molecule has 0 heterocycles. The molecule has 0 saturated carbocycles. The van der Waals surface area contributed by atoms with Crippen LogP contribution in [0.2, 0.25) is 0 Å². The van der Waals surface area contributed by atoms with E-state index in [1.54, 1.807) is 18.2 Å². The van der Waals surface area contributed by atoms with Crippen LogP contribution in [0.25, 0.3) is 0 Å². The normalized spacial score (nSPS) is 10.5. The van der Waals surface area contributed by atoms with Crippen molar-refractivity contribution in [1.29, 1.82) is 0 Å². The van der Waals surface area contributed by atoms with Crippen LogP contribution in [0, 0.1) is 6.92 Å². The topological polar surface area (TPSA) is 44.8 Å². The number of carbonyl (C=O) groups excluding carboxylic acids is 1. The van der Waals surface area contributed by atoms with Crippen LogP contribution in [0.4, 0.5) is 0 Å². The summed E-state index contributed by atoms with van der Waals surface area (Å²) in [6, 6.07) is 13.1. The quantitative estimate of drug-likeness (QED) is 0.554. The largest absolute Gasteiger partial charge is 0.490 e. The molecule has 0 N–H and O–H groups in total. The summed E-state index contributed by atoms with van der Waals surface area (Å²) in [6.45, 7) is 8.42. The molecule has 2 aromatic carbocycles. The number of hydrogen-bond acceptors (Lipinski definition) is 4. The Bertz CT molecular complexity index is 692. The molecule has 2 aromatic rings. The number of aryl methyl sites for hydroxylation is 1. The minimum absolute atomic E-state index is 0.149. The molecule has 0 unspecified atom stereocenters. The highest BCUT2D eigenvalue weighted by molar-refractivity contribution is 5.74. The van der Waals surface area contributed by atoms with Gasteiger partial charge in [0.1, 0.15) is 5.75 Å². The van der Waals surface area contributed by atoms with Gasteiger partial charge in [0, 0.05) is 0 Å². The summed E-state index contributed by atoms with van der Waals surface area (Å²) in [6.07, 6.45) is 0. The Balaban J connectivity index is 2.03. The molecule has 4 nitrogen and oxygen atoms in total. The number of rotatable bonds is 7. The zero-order valence-corrected chi connectivity index (χ0v) is 14.7. The van der Waals surface area contributed by atoms with Crippen molar-refractivity contribution in [2.75, 3.05) is 13.2 Å². The minimum Gasteiger partial charge on any atom is -0.490 e. The van der Waals surface area contributed by atoms with E-state index in [0.29, 0.717) is 24.0 Å². The maximum absolute atomic E-state index is 12.1. The first-order valence-corrected chi connectivity index (χ1v) is 8.17. The average molecular weight is 328 g/mol. The van der Waals surface area contributed by atoms with Crippen LogP contribution in [0.3, 0.4) is 0 Å². The van der Waals surface area contributed by atoms with Crippen molar-refractivity contribution in [3.8, 4) is 17.2 Å². The summed E-state index contributed by atoms with van der Waals surface area (Å²) in [5, 5.41) is 0. The standard InChI is InChI=1S/C20H24O4/c1-5-22-17-8-6-7-9-18(17)24-20(21)13-23-19-12-15(4)10-11-16(19)14(2)3/h6-12,14H,5,13H2,1-4H3. The highest BCUT2D eigenvalue weighted by Crippen LogP contribution is 2.28.